The van der Waals surface area contributed by atoms with Gasteiger partial charge in [-0.2, -0.15) is 0 Å². The standard InChI is InChI=1S/C9H13N2O/c1-11(2,3)9-5-4-8(7-12)6-10-9/h4-7H,1-3H3/q+1. The van der Waals surface area contributed by atoms with Gasteiger partial charge in [0.2, 0.25) is 5.82 Å². The zero-order valence-electron chi connectivity index (χ0n) is 7.61. The van der Waals surface area contributed by atoms with Gasteiger partial charge in [-0.1, -0.05) is 0 Å². The van der Waals surface area contributed by atoms with Crippen LogP contribution in [0.5, 0.6) is 0 Å². The summed E-state index contributed by atoms with van der Waals surface area (Å²) < 4.78 is 0.666. The van der Waals surface area contributed by atoms with Crippen LogP contribution in [0.4, 0.5) is 5.82 Å². The second-order valence-corrected chi connectivity index (χ2v) is 3.58. The zero-order chi connectivity index (χ0) is 9.19. The van der Waals surface area contributed by atoms with E-state index >= 15 is 0 Å². The highest BCUT2D eigenvalue weighted by Gasteiger charge is 2.12. The number of pyridine rings is 1. The molecule has 0 bridgehead atoms. The van der Waals surface area contributed by atoms with Crippen LogP contribution in [0.15, 0.2) is 18.3 Å². The Morgan fingerprint density at radius 1 is 1.33 bits per heavy atom. The van der Waals surface area contributed by atoms with Gasteiger partial charge in [0, 0.05) is 17.8 Å². The first kappa shape index (κ1) is 8.87. The van der Waals surface area contributed by atoms with Gasteiger partial charge in [0.1, 0.15) is 0 Å². The van der Waals surface area contributed by atoms with Crippen molar-refractivity contribution in [1.82, 2.24) is 9.47 Å². The van der Waals surface area contributed by atoms with Gasteiger partial charge in [-0.25, -0.2) is 4.98 Å². The number of aromatic nitrogens is 1. The molecule has 1 aromatic rings. The molecule has 0 atom stereocenters. The Labute approximate surface area is 72.2 Å². The fraction of sp³-hybridized carbons (Fsp3) is 0.333. The number of carbonyl (C=O) groups is 1. The Morgan fingerprint density at radius 3 is 2.33 bits per heavy atom. The van der Waals surface area contributed by atoms with E-state index in [1.807, 2.05) is 27.2 Å². The minimum absolute atomic E-state index is 0.618. The molecule has 1 rings (SSSR count). The minimum Gasteiger partial charge on any atom is -0.298 e. The highest BCUT2D eigenvalue weighted by Crippen LogP contribution is 2.11. The number of nitrogens with zero attached hydrogens (tertiary/aromatic N) is 2. The lowest BCUT2D eigenvalue weighted by Gasteiger charge is -2.21. The summed E-state index contributed by atoms with van der Waals surface area (Å²) in [5, 5.41) is 0. The van der Waals surface area contributed by atoms with Gasteiger partial charge in [-0.15, -0.1) is 0 Å². The van der Waals surface area contributed by atoms with E-state index in [1.54, 1.807) is 12.3 Å². The molecule has 0 radical (unpaired) electrons. The predicted molar refractivity (Wildman–Crippen MR) is 49.2 cm³/mol. The number of aldehydes is 1. The van der Waals surface area contributed by atoms with E-state index < -0.39 is 0 Å². The minimum atomic E-state index is 0.618. The lowest BCUT2D eigenvalue weighted by atomic mass is 10.3. The maximum atomic E-state index is 10.3. The molecule has 0 spiro atoms. The topological polar surface area (TPSA) is 30.0 Å². The van der Waals surface area contributed by atoms with Crippen molar-refractivity contribution >= 4 is 12.1 Å². The molecule has 0 aliphatic rings. The Bertz CT molecular complexity index is 272. The molecule has 3 nitrogen and oxygen atoms in total. The third-order valence-electron chi connectivity index (χ3n) is 1.59. The summed E-state index contributed by atoms with van der Waals surface area (Å²) in [6.45, 7) is 0. The normalized spacial score (nSPS) is 11.2. The highest BCUT2D eigenvalue weighted by atomic mass is 16.1. The van der Waals surface area contributed by atoms with Crippen LogP contribution in [-0.4, -0.2) is 32.4 Å². The summed E-state index contributed by atoms with van der Waals surface area (Å²) >= 11 is 0. The molecule has 3 heteroatoms. The van der Waals surface area contributed by atoms with Gasteiger partial charge in [0.25, 0.3) is 0 Å². The third kappa shape index (κ3) is 1.89. The first-order valence-electron chi connectivity index (χ1n) is 3.77. The van der Waals surface area contributed by atoms with Crippen LogP contribution >= 0.6 is 0 Å². The van der Waals surface area contributed by atoms with Gasteiger partial charge in [-0.3, -0.25) is 9.28 Å². The molecule has 0 N–H and O–H groups in total. The van der Waals surface area contributed by atoms with E-state index in [-0.39, 0.29) is 0 Å². The van der Waals surface area contributed by atoms with Crippen molar-refractivity contribution in [3.8, 4) is 0 Å². The lowest BCUT2D eigenvalue weighted by molar-refractivity contribution is 0.112. The van der Waals surface area contributed by atoms with E-state index in [0.717, 1.165) is 12.1 Å². The van der Waals surface area contributed by atoms with Crippen molar-refractivity contribution in [2.75, 3.05) is 21.1 Å². The van der Waals surface area contributed by atoms with E-state index in [4.69, 9.17) is 0 Å². The van der Waals surface area contributed by atoms with Crippen molar-refractivity contribution in [2.24, 2.45) is 0 Å². The molecular formula is C9H13N2O+. The zero-order valence-corrected chi connectivity index (χ0v) is 7.61. The lowest BCUT2D eigenvalue weighted by Crippen LogP contribution is -2.35. The highest BCUT2D eigenvalue weighted by molar-refractivity contribution is 5.74. The molecule has 0 fully saturated rings. The quantitative estimate of drug-likeness (QED) is 0.485. The largest absolute Gasteiger partial charge is 0.298 e. The van der Waals surface area contributed by atoms with E-state index in [0.29, 0.717) is 10.0 Å². The molecule has 0 saturated carbocycles. The summed E-state index contributed by atoms with van der Waals surface area (Å²) in [6.07, 6.45) is 2.39. The summed E-state index contributed by atoms with van der Waals surface area (Å²) in [5.74, 6) is 0.945. The Balaban J connectivity index is 3.00. The average Bonchev–Trinajstić information content (AvgIpc) is 2.03. The van der Waals surface area contributed by atoms with Crippen molar-refractivity contribution in [3.63, 3.8) is 0 Å². The number of quaternary nitrogens is 1. The third-order valence-corrected chi connectivity index (χ3v) is 1.59. The van der Waals surface area contributed by atoms with Gasteiger partial charge in [0.15, 0.2) is 6.29 Å². The van der Waals surface area contributed by atoms with Crippen LogP contribution < -0.4 is 4.48 Å². The molecule has 0 aliphatic carbocycles. The monoisotopic (exact) mass is 165 g/mol. The summed E-state index contributed by atoms with van der Waals surface area (Å²) in [6, 6.07) is 3.64. The molecule has 0 unspecified atom stereocenters. The van der Waals surface area contributed by atoms with Gasteiger partial charge >= 0.3 is 0 Å². The molecule has 64 valence electrons. The second-order valence-electron chi connectivity index (χ2n) is 3.58. The SMILES string of the molecule is C[N+](C)(C)c1ccc(C=O)cn1. The molecule has 0 amide bonds. The van der Waals surface area contributed by atoms with Crippen molar-refractivity contribution < 1.29 is 4.79 Å². The Morgan fingerprint density at radius 2 is 2.00 bits per heavy atom. The summed E-state index contributed by atoms with van der Waals surface area (Å²) in [5.41, 5.74) is 0.618. The maximum absolute atomic E-state index is 10.3. The fourth-order valence-corrected chi connectivity index (χ4v) is 0.864. The molecule has 1 heterocycles. The number of hydrogen-bond donors (Lipinski definition) is 0. The molecular weight excluding hydrogens is 152 g/mol. The number of hydrogen-bond acceptors (Lipinski definition) is 2. The van der Waals surface area contributed by atoms with E-state index in [1.165, 1.54) is 0 Å². The van der Waals surface area contributed by atoms with Crippen molar-refractivity contribution in [1.29, 1.82) is 0 Å². The van der Waals surface area contributed by atoms with Gasteiger partial charge < -0.3 is 0 Å². The number of rotatable bonds is 2. The fourth-order valence-electron chi connectivity index (χ4n) is 0.864. The summed E-state index contributed by atoms with van der Waals surface area (Å²) in [7, 11) is 6.09. The molecule has 0 aliphatic heterocycles. The van der Waals surface area contributed by atoms with Crippen LogP contribution in [0.2, 0.25) is 0 Å². The smallest absolute Gasteiger partial charge is 0.226 e. The molecule has 1 aromatic heterocycles. The van der Waals surface area contributed by atoms with Crippen LogP contribution in [-0.2, 0) is 0 Å². The average molecular weight is 165 g/mol. The van der Waals surface area contributed by atoms with Crippen molar-refractivity contribution in [2.45, 2.75) is 0 Å². The van der Waals surface area contributed by atoms with Gasteiger partial charge in [0.05, 0.1) is 21.1 Å². The predicted octanol–water partition coefficient (Wildman–Crippen LogP) is 1.09. The van der Waals surface area contributed by atoms with Crippen LogP contribution in [0, 0.1) is 0 Å². The Hall–Kier alpha value is -1.22. The second kappa shape index (κ2) is 3.03. The summed E-state index contributed by atoms with van der Waals surface area (Å²) in [4.78, 5) is 14.5. The van der Waals surface area contributed by atoms with Gasteiger partial charge in [-0.05, 0) is 6.07 Å². The van der Waals surface area contributed by atoms with Crippen LogP contribution in [0.1, 0.15) is 10.4 Å². The van der Waals surface area contributed by atoms with Crippen molar-refractivity contribution in [3.05, 3.63) is 23.9 Å². The van der Waals surface area contributed by atoms with Crippen LogP contribution in [0.25, 0.3) is 0 Å². The first-order valence-corrected chi connectivity index (χ1v) is 3.77. The maximum Gasteiger partial charge on any atom is 0.226 e. The number of carbonyl (C=O) groups excluding carboxylic acids is 1. The first-order chi connectivity index (χ1) is 5.54. The van der Waals surface area contributed by atoms with E-state index in [2.05, 4.69) is 4.98 Å². The Kier molecular flexibility index (Phi) is 2.24. The van der Waals surface area contributed by atoms with E-state index in [9.17, 15) is 4.79 Å². The van der Waals surface area contributed by atoms with Crippen LogP contribution in [0.3, 0.4) is 0 Å². The molecule has 0 aromatic carbocycles. The molecule has 12 heavy (non-hydrogen) atoms. The molecule has 0 saturated heterocycles.